The maximum Gasteiger partial charge on any atom is 0.300 e. The number of likely N-dealkylation sites (N-methyl/N-ethyl adjacent to an activating group) is 1. The minimum absolute atomic E-state index is 0.106. The predicted molar refractivity (Wildman–Crippen MR) is 149 cm³/mol. The van der Waals surface area contributed by atoms with E-state index in [1.807, 2.05) is 42.3 Å². The molecule has 1 unspecified atom stereocenters. The number of anilines is 2. The van der Waals surface area contributed by atoms with Gasteiger partial charge in [-0.1, -0.05) is 36.4 Å². The number of rotatable bonds is 5. The Morgan fingerprint density at radius 2 is 1.70 bits per heavy atom. The SMILES string of the molecule is CN1CCOc2ccc(/C(O)=C3/C(=O)C(=O)N(c4cccc(F)c4)C3c3cccc(Oc4ccccc4)c3)cc21. The van der Waals surface area contributed by atoms with Gasteiger partial charge >= 0.3 is 0 Å². The predicted octanol–water partition coefficient (Wildman–Crippen LogP) is 6.07. The van der Waals surface area contributed by atoms with Gasteiger partial charge < -0.3 is 19.5 Å². The van der Waals surface area contributed by atoms with Gasteiger partial charge in [-0.15, -0.1) is 0 Å². The van der Waals surface area contributed by atoms with Crippen LogP contribution in [0.2, 0.25) is 0 Å². The van der Waals surface area contributed by atoms with Gasteiger partial charge in [-0.2, -0.15) is 0 Å². The van der Waals surface area contributed by atoms with E-state index in [1.165, 1.54) is 23.1 Å². The molecule has 8 heteroatoms. The number of ether oxygens (including phenoxy) is 2. The zero-order valence-electron chi connectivity index (χ0n) is 21.6. The standard InChI is InChI=1S/C32H25FN2O5/c1-34-15-16-39-27-14-13-21(18-26(27)34)30(36)28-29(35(32(38)31(28)37)23-9-6-8-22(33)19-23)20-7-5-12-25(17-20)40-24-10-3-2-4-11-24/h2-14,17-19,29,36H,15-16H2,1H3/b30-28-. The molecule has 7 nitrogen and oxygen atoms in total. The summed E-state index contributed by atoms with van der Waals surface area (Å²) in [6.07, 6.45) is 0. The van der Waals surface area contributed by atoms with Crippen LogP contribution < -0.4 is 19.3 Å². The first-order chi connectivity index (χ1) is 19.4. The first kappa shape index (κ1) is 25.2. The lowest BCUT2D eigenvalue weighted by Gasteiger charge is -2.28. The maximum atomic E-state index is 14.3. The van der Waals surface area contributed by atoms with E-state index in [0.29, 0.717) is 41.5 Å². The van der Waals surface area contributed by atoms with Crippen LogP contribution in [0.4, 0.5) is 15.8 Å². The fraction of sp³-hybridized carbons (Fsp3) is 0.125. The molecule has 1 N–H and O–H groups in total. The number of hydrogen-bond acceptors (Lipinski definition) is 6. The van der Waals surface area contributed by atoms with Crippen LogP contribution in [-0.4, -0.2) is 37.0 Å². The fourth-order valence-corrected chi connectivity index (χ4v) is 5.07. The Morgan fingerprint density at radius 3 is 2.50 bits per heavy atom. The van der Waals surface area contributed by atoms with Crippen molar-refractivity contribution in [3.63, 3.8) is 0 Å². The topological polar surface area (TPSA) is 79.3 Å². The Balaban J connectivity index is 1.50. The molecule has 200 valence electrons. The average molecular weight is 537 g/mol. The zero-order valence-corrected chi connectivity index (χ0v) is 21.6. The van der Waals surface area contributed by atoms with Crippen molar-refractivity contribution in [2.24, 2.45) is 0 Å². The van der Waals surface area contributed by atoms with Crippen LogP contribution in [0.1, 0.15) is 17.2 Å². The van der Waals surface area contributed by atoms with E-state index in [0.717, 1.165) is 5.69 Å². The van der Waals surface area contributed by atoms with Crippen molar-refractivity contribution in [1.82, 2.24) is 0 Å². The van der Waals surface area contributed by atoms with Gasteiger partial charge in [0.05, 0.1) is 23.8 Å². The normalized spacial score (nSPS) is 17.9. The number of benzene rings is 4. The van der Waals surface area contributed by atoms with Crippen molar-refractivity contribution in [1.29, 1.82) is 0 Å². The third kappa shape index (κ3) is 4.53. The van der Waals surface area contributed by atoms with Crippen molar-refractivity contribution in [3.05, 3.63) is 120 Å². The lowest BCUT2D eigenvalue weighted by Crippen LogP contribution is -2.29. The molecule has 4 aromatic rings. The number of aliphatic hydroxyl groups excluding tert-OH is 1. The Bertz CT molecular complexity index is 1650. The number of Topliss-reactive ketones (excluding diaryl/α,β-unsaturated/α-hetero) is 1. The quantitative estimate of drug-likeness (QED) is 0.189. The van der Waals surface area contributed by atoms with Gasteiger partial charge in [0.2, 0.25) is 0 Å². The summed E-state index contributed by atoms with van der Waals surface area (Å²) in [6, 6.07) is 25.7. The lowest BCUT2D eigenvalue weighted by atomic mass is 9.94. The molecule has 0 saturated carbocycles. The molecule has 1 fully saturated rings. The van der Waals surface area contributed by atoms with Crippen LogP contribution in [-0.2, 0) is 9.59 Å². The Labute approximate surface area is 230 Å². The third-order valence-electron chi connectivity index (χ3n) is 7.01. The summed E-state index contributed by atoms with van der Waals surface area (Å²) in [5.74, 6) is -0.892. The maximum absolute atomic E-state index is 14.3. The number of hydrogen-bond donors (Lipinski definition) is 1. The number of aliphatic hydroxyl groups is 1. The minimum atomic E-state index is -1.04. The summed E-state index contributed by atoms with van der Waals surface area (Å²) in [5.41, 5.74) is 1.71. The number of ketones is 1. The van der Waals surface area contributed by atoms with Gasteiger partial charge in [0.15, 0.2) is 0 Å². The molecule has 2 aliphatic heterocycles. The highest BCUT2D eigenvalue weighted by molar-refractivity contribution is 6.51. The molecule has 0 aliphatic carbocycles. The first-order valence-electron chi connectivity index (χ1n) is 12.8. The molecule has 0 radical (unpaired) electrons. The largest absolute Gasteiger partial charge is 0.507 e. The summed E-state index contributed by atoms with van der Waals surface area (Å²) in [4.78, 5) is 30.2. The van der Waals surface area contributed by atoms with Crippen molar-refractivity contribution < 1.29 is 28.6 Å². The molecule has 4 aromatic carbocycles. The Kier molecular flexibility index (Phi) is 6.43. The van der Waals surface area contributed by atoms with Crippen LogP contribution in [0.25, 0.3) is 5.76 Å². The van der Waals surface area contributed by atoms with E-state index in [4.69, 9.17) is 9.47 Å². The molecule has 6 rings (SSSR count). The molecule has 1 atom stereocenters. The number of para-hydroxylation sites is 1. The third-order valence-corrected chi connectivity index (χ3v) is 7.01. The molecule has 0 spiro atoms. The van der Waals surface area contributed by atoms with E-state index in [2.05, 4.69) is 0 Å². The second kappa shape index (κ2) is 10.2. The number of amides is 1. The van der Waals surface area contributed by atoms with Crippen LogP contribution in [0.5, 0.6) is 17.2 Å². The monoisotopic (exact) mass is 536 g/mol. The Hall–Kier alpha value is -5.11. The number of carbonyl (C=O) groups excluding carboxylic acids is 2. The molecule has 0 bridgehead atoms. The number of halogens is 1. The summed E-state index contributed by atoms with van der Waals surface area (Å²) >= 11 is 0. The minimum Gasteiger partial charge on any atom is -0.507 e. The summed E-state index contributed by atoms with van der Waals surface area (Å²) in [6.45, 7) is 1.20. The molecule has 1 amide bonds. The van der Waals surface area contributed by atoms with Crippen molar-refractivity contribution >= 4 is 28.8 Å². The summed E-state index contributed by atoms with van der Waals surface area (Å²) < 4.78 is 26.0. The molecular formula is C32H25FN2O5. The van der Waals surface area contributed by atoms with E-state index >= 15 is 0 Å². The highest BCUT2D eigenvalue weighted by atomic mass is 19.1. The lowest BCUT2D eigenvalue weighted by molar-refractivity contribution is -0.132. The van der Waals surface area contributed by atoms with E-state index in [9.17, 15) is 19.1 Å². The van der Waals surface area contributed by atoms with Crippen LogP contribution in [0, 0.1) is 5.82 Å². The summed E-state index contributed by atoms with van der Waals surface area (Å²) in [5, 5.41) is 11.6. The highest BCUT2D eigenvalue weighted by Gasteiger charge is 2.47. The zero-order chi connectivity index (χ0) is 27.8. The smallest absolute Gasteiger partial charge is 0.300 e. The molecule has 0 aromatic heterocycles. The van der Waals surface area contributed by atoms with Crippen molar-refractivity contribution in [3.8, 4) is 17.2 Å². The second-order valence-corrected chi connectivity index (χ2v) is 9.59. The van der Waals surface area contributed by atoms with E-state index in [1.54, 1.807) is 48.5 Å². The van der Waals surface area contributed by atoms with E-state index < -0.39 is 23.5 Å². The van der Waals surface area contributed by atoms with Gasteiger partial charge in [0.1, 0.15) is 35.4 Å². The Morgan fingerprint density at radius 1 is 0.925 bits per heavy atom. The fourth-order valence-electron chi connectivity index (χ4n) is 5.07. The molecular weight excluding hydrogens is 511 g/mol. The number of carbonyl (C=O) groups is 2. The molecule has 1 saturated heterocycles. The van der Waals surface area contributed by atoms with Crippen LogP contribution in [0.15, 0.2) is 103 Å². The van der Waals surface area contributed by atoms with E-state index in [-0.39, 0.29) is 17.0 Å². The highest BCUT2D eigenvalue weighted by Crippen LogP contribution is 2.44. The molecule has 40 heavy (non-hydrogen) atoms. The summed E-state index contributed by atoms with van der Waals surface area (Å²) in [7, 11) is 1.91. The van der Waals surface area contributed by atoms with Gasteiger partial charge in [-0.25, -0.2) is 4.39 Å². The van der Waals surface area contributed by atoms with Crippen LogP contribution in [0.3, 0.4) is 0 Å². The number of nitrogens with zero attached hydrogens (tertiary/aromatic N) is 2. The second-order valence-electron chi connectivity index (χ2n) is 9.59. The first-order valence-corrected chi connectivity index (χ1v) is 12.8. The van der Waals surface area contributed by atoms with Crippen molar-refractivity contribution in [2.45, 2.75) is 6.04 Å². The molecule has 2 heterocycles. The average Bonchev–Trinajstić information content (AvgIpc) is 3.23. The van der Waals surface area contributed by atoms with Gasteiger partial charge in [0, 0.05) is 18.3 Å². The molecule has 2 aliphatic rings. The van der Waals surface area contributed by atoms with Gasteiger partial charge in [-0.05, 0) is 66.2 Å². The van der Waals surface area contributed by atoms with Gasteiger partial charge in [-0.3, -0.25) is 14.5 Å². The van der Waals surface area contributed by atoms with Crippen molar-refractivity contribution in [2.75, 3.05) is 30.0 Å². The van der Waals surface area contributed by atoms with Gasteiger partial charge in [0.25, 0.3) is 11.7 Å². The van der Waals surface area contributed by atoms with Crippen LogP contribution >= 0.6 is 0 Å². The number of fused-ring (bicyclic) bond motifs is 1.